The first-order valence-corrected chi connectivity index (χ1v) is 45.8. The summed E-state index contributed by atoms with van der Waals surface area (Å²) in [4.78, 5) is 0. The fraction of sp³-hybridized carbons (Fsp3) is 0.768. The normalized spacial score (nSPS) is 18.8. The van der Waals surface area contributed by atoms with Gasteiger partial charge in [-0.1, -0.05) is 200 Å². The molecule has 0 spiro atoms. The Morgan fingerprint density at radius 2 is 0.673 bits per heavy atom. The molecule has 0 radical (unpaired) electrons. The standard InChI is InChI=1S/C8H16S2.C8H17S2.C8H16S.C6H13S.C6H13.C5H10S3.C5H10S2.2C5H11S.2C5H11.C4H8S2.3C4H8S.6Cr.7Cs/c1-5-3-7(9)4-6(2)8(5)10;1-4-6(2)8(10)7(3)5-9;1-6-3-7(2)5-8(9)4-6;1-4-5(2)6(3)7;1-4-6(3)5-2;1-4(2-6)5(8)3-7;1-4(3-6)5(2)7;1-5(2)3-4-6;1-4(2)5(3)6;2*1-4-5(2)3;1-2-4(6)3-5;2*1-3-4(2)5;1-2-3-4-5;;;;;;;;;;;;;/h5-10H,3-4H2,1-2H3;5-10H,4H2,1-3H3;6-9H,3-5H2,1-2H3;5-7H,3-4H2,1-2H3;6H,1,4-5H2,2-3H3;2-8H,1H3;3-7H,2H2,1H3;2*4-6H,3H2,1-2H3;2*5H,1,4H2,2-3H3;2-6H,1H3;2*3-5H,2H2,1H3;2,4-5H,3H2,1H3;;;;;;;;;;;;;/q;-1;;2*-1;2*-2;4*-1;4*-2;6*+2;7*+1. The van der Waals surface area contributed by atoms with Gasteiger partial charge in [0.15, 0.2) is 0 Å². The molecule has 0 saturated heterocycles. The number of hydrogen-bond donors (Lipinski definition) is 18. The van der Waals surface area contributed by atoms with Crippen LogP contribution in [0.25, 0.3) is 0 Å². The summed E-state index contributed by atoms with van der Waals surface area (Å²) in [6.45, 7) is 83.0. The molecule has 650 valence electrons. The van der Waals surface area contributed by atoms with E-state index < -0.39 is 0 Å². The van der Waals surface area contributed by atoms with Crippen molar-refractivity contribution in [2.45, 2.75) is 314 Å². The van der Waals surface area contributed by atoms with Gasteiger partial charge in [-0.15, -0.1) is 26.9 Å². The Hall–Kier alpha value is 23.9. The van der Waals surface area contributed by atoms with Crippen LogP contribution in [-0.4, -0.2) is 57.7 Å². The maximum Gasteiger partial charge on any atom is 2.00 e. The summed E-state index contributed by atoms with van der Waals surface area (Å²) in [6.07, 6.45) is 23.3. The maximum absolute atomic E-state index is 4.56. The van der Waals surface area contributed by atoms with E-state index in [1.165, 1.54) is 51.4 Å². The van der Waals surface area contributed by atoms with Crippen molar-refractivity contribution in [3.8, 4) is 0 Å². The van der Waals surface area contributed by atoms with Crippen LogP contribution < -0.4 is 482 Å². The van der Waals surface area contributed by atoms with Gasteiger partial charge in [0.1, 0.15) is 0 Å². The predicted octanol–water partition coefficient (Wildman–Crippen LogP) is 9.45. The molecule has 113 heavy (non-hydrogen) atoms. The number of hydrogen-bond acceptors (Lipinski definition) is 18. The zero-order chi connectivity index (χ0) is 82.4. The topological polar surface area (TPSA) is 0 Å². The second-order valence-corrected chi connectivity index (χ2v) is 37.0. The second-order valence-electron chi connectivity index (χ2n) is 27.6. The molecule has 2 saturated carbocycles. The molecule has 31 heteroatoms. The van der Waals surface area contributed by atoms with Crippen molar-refractivity contribution in [2.75, 3.05) is 0 Å². The van der Waals surface area contributed by atoms with Crippen LogP contribution in [0.4, 0.5) is 0 Å². The molecule has 2 aliphatic carbocycles. The Balaban J connectivity index is -0.0000000298. The first kappa shape index (κ1) is 206. The molecule has 18 atom stereocenters. The molecule has 0 aromatic rings. The third-order valence-electron chi connectivity index (χ3n) is 15.0. The van der Waals surface area contributed by atoms with E-state index >= 15 is 0 Å². The van der Waals surface area contributed by atoms with Crippen LogP contribution in [0.5, 0.6) is 0 Å². The van der Waals surface area contributed by atoms with Crippen molar-refractivity contribution >= 4 is 227 Å². The first-order chi connectivity index (χ1) is 46.0. The third-order valence-corrected chi connectivity index (χ3v) is 24.0. The van der Waals surface area contributed by atoms with Crippen LogP contribution in [-0.2, 0) is 104 Å². The monoisotopic (exact) mass is 2970 g/mol. The fourth-order valence-corrected chi connectivity index (χ4v) is 10.1. The van der Waals surface area contributed by atoms with Crippen LogP contribution in [0, 0.1) is 204 Å². The Bertz CT molecular complexity index is 1310. The van der Waals surface area contributed by atoms with Crippen LogP contribution in [0.1, 0.15) is 257 Å². The molecule has 0 aromatic carbocycles. The minimum absolute atomic E-state index is 0. The van der Waals surface area contributed by atoms with Gasteiger partial charge in [0.2, 0.25) is 0 Å². The van der Waals surface area contributed by atoms with Crippen molar-refractivity contribution in [2.24, 2.45) is 82.9 Å². The van der Waals surface area contributed by atoms with Gasteiger partial charge in [0.05, 0.1) is 0 Å². The van der Waals surface area contributed by atoms with E-state index in [0.29, 0.717) is 67.0 Å². The van der Waals surface area contributed by atoms with Gasteiger partial charge in [0, 0.05) is 15.7 Å². The van der Waals surface area contributed by atoms with Crippen molar-refractivity contribution in [3.63, 3.8) is 0 Å². The van der Waals surface area contributed by atoms with Crippen LogP contribution in [0.15, 0.2) is 0 Å². The third kappa shape index (κ3) is 205. The molecular weight excluding hydrogens is 2800 g/mol. The van der Waals surface area contributed by atoms with Gasteiger partial charge in [-0.3, -0.25) is 45.0 Å². The number of unbranched alkanes of at least 4 members (excludes halogenated alkanes) is 1. The van der Waals surface area contributed by atoms with Gasteiger partial charge < -0.3 is 182 Å². The molecular formula is C82H171Cr6Cs7S18. The van der Waals surface area contributed by atoms with Crippen molar-refractivity contribution in [1.29, 1.82) is 0 Å². The van der Waals surface area contributed by atoms with E-state index in [9.17, 15) is 0 Å². The molecule has 0 heterocycles. The summed E-state index contributed by atoms with van der Waals surface area (Å²) >= 11 is 74.1. The molecule has 0 amide bonds. The van der Waals surface area contributed by atoms with E-state index in [4.69, 9.17) is 0 Å². The Morgan fingerprint density at radius 1 is 0.372 bits per heavy atom. The molecule has 0 bridgehead atoms. The predicted molar refractivity (Wildman–Crippen MR) is 544 cm³/mol. The van der Waals surface area contributed by atoms with E-state index in [0.717, 1.165) is 79.4 Å². The maximum atomic E-state index is 4.56. The second kappa shape index (κ2) is 164. The van der Waals surface area contributed by atoms with Crippen LogP contribution in [0.2, 0.25) is 0 Å². The summed E-state index contributed by atoms with van der Waals surface area (Å²) in [5.41, 5.74) is 0. The molecule has 2 rings (SSSR count). The number of thiol groups is 18. The van der Waals surface area contributed by atoms with E-state index in [-0.39, 0.29) is 613 Å². The van der Waals surface area contributed by atoms with Crippen molar-refractivity contribution < 1.29 is 586 Å². The van der Waals surface area contributed by atoms with E-state index in [1.807, 2.05) is 90.2 Å². The number of rotatable bonds is 24. The van der Waals surface area contributed by atoms with Gasteiger partial charge >= 0.3 is 586 Å². The minimum atomic E-state index is 0. The smallest absolute Gasteiger partial charge is 0.371 e. The largest absolute Gasteiger partial charge is 2.00 e. The zero-order valence-electron chi connectivity index (χ0n) is 78.1. The van der Waals surface area contributed by atoms with Gasteiger partial charge in [0.25, 0.3) is 0 Å². The minimum Gasteiger partial charge on any atom is -0.371 e. The van der Waals surface area contributed by atoms with Crippen molar-refractivity contribution in [3.05, 3.63) is 121 Å². The molecule has 2 aliphatic rings. The summed E-state index contributed by atoms with van der Waals surface area (Å²) in [6, 6.07) is 0. The average Bonchev–Trinajstić information content (AvgIpc) is 0.874. The van der Waals surface area contributed by atoms with Crippen LogP contribution >= 0.6 is 227 Å². The van der Waals surface area contributed by atoms with Gasteiger partial charge in [-0.05, 0) is 66.9 Å². The molecule has 0 nitrogen and oxygen atoms in total. The zero-order valence-corrected chi connectivity index (χ0v) is 146. The molecule has 18 unspecified atom stereocenters. The van der Waals surface area contributed by atoms with Crippen LogP contribution in [0.3, 0.4) is 0 Å². The molecule has 0 aliphatic heterocycles. The molecule has 0 N–H and O–H groups in total. The summed E-state index contributed by atoms with van der Waals surface area (Å²) in [5, 5.41) is 4.02. The van der Waals surface area contributed by atoms with Gasteiger partial charge in [-0.2, -0.15) is 116 Å². The Labute approximate surface area is 1300 Å². The van der Waals surface area contributed by atoms with Gasteiger partial charge in [-0.25, -0.2) is 93.7 Å². The summed E-state index contributed by atoms with van der Waals surface area (Å²) in [5.74, 6) is 22.4. The average molecular weight is 2980 g/mol. The van der Waals surface area contributed by atoms with E-state index in [2.05, 4.69) is 414 Å². The molecule has 0 aromatic heterocycles. The Morgan fingerprint density at radius 3 is 0.770 bits per heavy atom. The first-order valence-electron chi connectivity index (χ1n) is 36.5. The summed E-state index contributed by atoms with van der Waals surface area (Å²) < 4.78 is 0. The quantitative estimate of drug-likeness (QED) is 0.0329. The molecule has 2 fully saturated rings. The SMILES string of the molecule is CC(C)C[CH-]S.CC([CH-]S)C(S)[CH-]S.CC1CC(C)CC(S)C1.CC1CC(S)CC(C)C1S.CCC(C)C(S)C(C)[CH-]S.C[CH-]C(S)[CH-]S.C[CH-]C[CH-]S.[CH2-]C(S)C(C)C.[CH2-]C(S)C(C)CC.[CH2-]C(S)C(C)[CH-]S.[CH2-]C(S)[CH-]C.[CH2-]C(S)[CH-]C.[CH2-]CC(C)C.[CH2-]CC(C)C.[CH2-]CC(C)CC.[Cr+2].[Cr+2].[Cr+2].[Cr+2].[Cr+2].[Cr+2].[Cs+].[Cs+].[Cs+].[Cs+].[Cs+].[Cs+].[Cs+]. The van der Waals surface area contributed by atoms with E-state index in [1.54, 1.807) is 17.3 Å². The van der Waals surface area contributed by atoms with Crippen molar-refractivity contribution in [1.82, 2.24) is 0 Å². The fourth-order valence-electron chi connectivity index (χ4n) is 5.75. The summed E-state index contributed by atoms with van der Waals surface area (Å²) in [7, 11) is 0. The Kier molecular flexibility index (Phi) is 298.